The van der Waals surface area contributed by atoms with Crippen molar-refractivity contribution in [2.75, 3.05) is 0 Å². The summed E-state index contributed by atoms with van der Waals surface area (Å²) in [4.78, 5) is 0.0484. The van der Waals surface area contributed by atoms with Gasteiger partial charge in [-0.05, 0) is 25.5 Å². The molecule has 4 nitrogen and oxygen atoms in total. The molecule has 0 unspecified atom stereocenters. The summed E-state index contributed by atoms with van der Waals surface area (Å²) in [6, 6.07) is 3.54. The summed E-state index contributed by atoms with van der Waals surface area (Å²) in [5.74, 6) is 0. The molecule has 0 radical (unpaired) electrons. The van der Waals surface area contributed by atoms with E-state index < -0.39 is 9.05 Å². The van der Waals surface area contributed by atoms with Crippen LogP contribution in [0.25, 0.3) is 5.52 Å². The first-order chi connectivity index (χ1) is 6.91. The molecule has 0 aliphatic rings. The molecule has 2 heterocycles. The molecule has 0 saturated heterocycles. The topological polar surface area (TPSA) is 51.4 Å². The second kappa shape index (κ2) is 3.21. The van der Waals surface area contributed by atoms with Crippen LogP contribution in [0.4, 0.5) is 0 Å². The summed E-state index contributed by atoms with van der Waals surface area (Å²) in [5, 5.41) is 4.00. The molecule has 0 spiro atoms. The SMILES string of the molecule is Cc1ccc2c(S(=O)(=O)Cl)cnn2c1C. The predicted molar refractivity (Wildman–Crippen MR) is 57.7 cm³/mol. The van der Waals surface area contributed by atoms with Gasteiger partial charge in [-0.1, -0.05) is 6.07 Å². The largest absolute Gasteiger partial charge is 0.265 e. The van der Waals surface area contributed by atoms with E-state index >= 15 is 0 Å². The van der Waals surface area contributed by atoms with Crippen LogP contribution in [-0.2, 0) is 9.05 Å². The van der Waals surface area contributed by atoms with Gasteiger partial charge in [0, 0.05) is 16.4 Å². The van der Waals surface area contributed by atoms with Crippen LogP contribution in [0.1, 0.15) is 11.3 Å². The predicted octanol–water partition coefficient (Wildman–Crippen LogP) is 1.88. The summed E-state index contributed by atoms with van der Waals surface area (Å²) in [7, 11) is 1.56. The first-order valence-corrected chi connectivity index (χ1v) is 6.61. The Morgan fingerprint density at radius 2 is 2.00 bits per heavy atom. The van der Waals surface area contributed by atoms with Crippen LogP contribution in [0.5, 0.6) is 0 Å². The minimum atomic E-state index is -3.73. The highest BCUT2D eigenvalue weighted by atomic mass is 35.7. The van der Waals surface area contributed by atoms with Gasteiger partial charge in [-0.2, -0.15) is 5.10 Å². The fourth-order valence-corrected chi connectivity index (χ4v) is 2.38. The van der Waals surface area contributed by atoms with Gasteiger partial charge in [-0.25, -0.2) is 12.9 Å². The highest BCUT2D eigenvalue weighted by Gasteiger charge is 2.17. The maximum atomic E-state index is 11.2. The van der Waals surface area contributed by atoms with Gasteiger partial charge in [0.1, 0.15) is 4.90 Å². The Morgan fingerprint density at radius 3 is 2.60 bits per heavy atom. The lowest BCUT2D eigenvalue weighted by molar-refractivity contribution is 0.610. The highest BCUT2D eigenvalue weighted by molar-refractivity contribution is 8.13. The zero-order valence-electron chi connectivity index (χ0n) is 8.23. The number of pyridine rings is 1. The van der Waals surface area contributed by atoms with Gasteiger partial charge in [0.2, 0.25) is 0 Å². The number of nitrogens with zero attached hydrogens (tertiary/aromatic N) is 2. The van der Waals surface area contributed by atoms with Crippen LogP contribution < -0.4 is 0 Å². The highest BCUT2D eigenvalue weighted by Crippen LogP contribution is 2.22. The van der Waals surface area contributed by atoms with Crippen LogP contribution in [-0.4, -0.2) is 18.0 Å². The lowest BCUT2D eigenvalue weighted by Gasteiger charge is -2.02. The number of rotatable bonds is 1. The van der Waals surface area contributed by atoms with Crippen molar-refractivity contribution in [3.63, 3.8) is 0 Å². The van der Waals surface area contributed by atoms with Crippen molar-refractivity contribution < 1.29 is 8.42 Å². The minimum Gasteiger partial charge on any atom is -0.236 e. The number of hydrogen-bond acceptors (Lipinski definition) is 3. The van der Waals surface area contributed by atoms with Gasteiger partial charge >= 0.3 is 0 Å². The average molecular weight is 245 g/mol. The molecule has 0 N–H and O–H groups in total. The van der Waals surface area contributed by atoms with Crippen molar-refractivity contribution in [1.82, 2.24) is 9.61 Å². The Labute approximate surface area is 91.9 Å². The smallest absolute Gasteiger partial charge is 0.236 e. The third-order valence-electron chi connectivity index (χ3n) is 2.41. The summed E-state index contributed by atoms with van der Waals surface area (Å²) >= 11 is 0. The van der Waals surface area contributed by atoms with Crippen LogP contribution >= 0.6 is 10.7 Å². The van der Waals surface area contributed by atoms with E-state index in [0.717, 1.165) is 11.3 Å². The van der Waals surface area contributed by atoms with Crippen LogP contribution in [0, 0.1) is 13.8 Å². The number of aryl methyl sites for hydroxylation is 2. The van der Waals surface area contributed by atoms with E-state index in [0.29, 0.717) is 5.52 Å². The minimum absolute atomic E-state index is 0.0484. The van der Waals surface area contributed by atoms with E-state index in [2.05, 4.69) is 5.10 Å². The van der Waals surface area contributed by atoms with Crippen LogP contribution in [0.3, 0.4) is 0 Å². The first kappa shape index (κ1) is 10.4. The quantitative estimate of drug-likeness (QED) is 0.720. The maximum absolute atomic E-state index is 11.2. The first-order valence-electron chi connectivity index (χ1n) is 4.30. The monoisotopic (exact) mass is 244 g/mol. The zero-order chi connectivity index (χ0) is 11.2. The van der Waals surface area contributed by atoms with E-state index in [1.807, 2.05) is 19.9 Å². The van der Waals surface area contributed by atoms with Crippen molar-refractivity contribution in [1.29, 1.82) is 0 Å². The second-order valence-corrected chi connectivity index (χ2v) is 5.88. The molecule has 0 amide bonds. The fraction of sp³-hybridized carbons (Fsp3) is 0.222. The number of hydrogen-bond donors (Lipinski definition) is 0. The van der Waals surface area contributed by atoms with E-state index in [4.69, 9.17) is 10.7 Å². The number of aromatic nitrogens is 2. The van der Waals surface area contributed by atoms with Gasteiger partial charge in [0.25, 0.3) is 9.05 Å². The molecular formula is C9H9ClN2O2S. The Balaban J connectivity index is 2.90. The Bertz CT molecular complexity index is 631. The molecule has 6 heteroatoms. The van der Waals surface area contributed by atoms with Crippen LogP contribution in [0.2, 0.25) is 0 Å². The van der Waals surface area contributed by atoms with Crippen molar-refractivity contribution in [2.45, 2.75) is 18.7 Å². The molecule has 2 aromatic rings. The summed E-state index contributed by atoms with van der Waals surface area (Å²) in [5.41, 5.74) is 2.45. The van der Waals surface area contributed by atoms with Gasteiger partial charge in [0.05, 0.1) is 11.7 Å². The maximum Gasteiger partial charge on any atom is 0.265 e. The summed E-state index contributed by atoms with van der Waals surface area (Å²) < 4.78 is 24.0. The molecule has 2 aromatic heterocycles. The van der Waals surface area contributed by atoms with Crippen molar-refractivity contribution >= 4 is 25.2 Å². The Hall–Kier alpha value is -1.07. The summed E-state index contributed by atoms with van der Waals surface area (Å²) in [6.45, 7) is 3.81. The van der Waals surface area contributed by atoms with Gasteiger partial charge in [-0.3, -0.25) is 0 Å². The standard InChI is InChI=1S/C9H9ClN2O2S/c1-6-3-4-8-9(15(10,13)14)5-11-12(8)7(6)2/h3-5H,1-2H3. The molecule has 0 aliphatic heterocycles. The third kappa shape index (κ3) is 1.61. The average Bonchev–Trinajstić information content (AvgIpc) is 2.54. The van der Waals surface area contributed by atoms with Crippen molar-refractivity contribution in [3.8, 4) is 0 Å². The van der Waals surface area contributed by atoms with E-state index in [1.165, 1.54) is 6.20 Å². The Morgan fingerprint density at radius 1 is 1.33 bits per heavy atom. The van der Waals surface area contributed by atoms with Gasteiger partial charge in [0.15, 0.2) is 0 Å². The Kier molecular flexibility index (Phi) is 2.24. The van der Waals surface area contributed by atoms with Gasteiger partial charge in [-0.15, -0.1) is 0 Å². The molecule has 0 bridgehead atoms. The zero-order valence-corrected chi connectivity index (χ0v) is 9.80. The normalized spacial score (nSPS) is 12.2. The molecule has 0 aliphatic carbocycles. The van der Waals surface area contributed by atoms with Crippen LogP contribution in [0.15, 0.2) is 23.2 Å². The van der Waals surface area contributed by atoms with Gasteiger partial charge < -0.3 is 0 Å². The third-order valence-corrected chi connectivity index (χ3v) is 3.75. The fourth-order valence-electron chi connectivity index (χ4n) is 1.44. The lowest BCUT2D eigenvalue weighted by atomic mass is 10.2. The molecule has 0 aromatic carbocycles. The van der Waals surface area contributed by atoms with E-state index in [1.54, 1.807) is 10.6 Å². The molecule has 0 fully saturated rings. The molecular weight excluding hydrogens is 236 g/mol. The van der Waals surface area contributed by atoms with Crippen molar-refractivity contribution in [3.05, 3.63) is 29.6 Å². The lowest BCUT2D eigenvalue weighted by Crippen LogP contribution is -1.96. The van der Waals surface area contributed by atoms with E-state index in [9.17, 15) is 8.42 Å². The van der Waals surface area contributed by atoms with Crippen molar-refractivity contribution in [2.24, 2.45) is 0 Å². The molecule has 80 valence electrons. The summed E-state index contributed by atoms with van der Waals surface area (Å²) in [6.07, 6.45) is 1.27. The molecule has 2 rings (SSSR count). The molecule has 15 heavy (non-hydrogen) atoms. The van der Waals surface area contributed by atoms with E-state index in [-0.39, 0.29) is 4.90 Å². The number of halogens is 1. The number of fused-ring (bicyclic) bond motifs is 1. The second-order valence-electron chi connectivity index (χ2n) is 3.35. The molecule has 0 atom stereocenters. The molecule has 0 saturated carbocycles.